The molecule has 3 atom stereocenters. The van der Waals surface area contributed by atoms with Crippen LogP contribution in [0.25, 0.3) is 0 Å². The first-order valence-corrected chi connectivity index (χ1v) is 18.8. The van der Waals surface area contributed by atoms with Crippen LogP contribution < -0.4 is 10.4 Å². The van der Waals surface area contributed by atoms with E-state index in [2.05, 4.69) is 88.4 Å². The molecule has 40 heavy (non-hydrogen) atoms. The fraction of sp³-hybridized carbons (Fsp3) is 0.629. The first kappa shape index (κ1) is 32.9. The molecule has 3 rings (SSSR count). The zero-order valence-corrected chi connectivity index (χ0v) is 27.6. The lowest BCUT2D eigenvalue weighted by Crippen LogP contribution is -2.67. The third-order valence-electron chi connectivity index (χ3n) is 8.59. The third kappa shape index (κ3) is 9.77. The van der Waals surface area contributed by atoms with Gasteiger partial charge in [-0.05, 0) is 52.3 Å². The molecule has 0 aromatic heterocycles. The Morgan fingerprint density at radius 1 is 0.900 bits per heavy atom. The molecule has 1 saturated carbocycles. The molecule has 0 amide bonds. The standard InChI is InChI=1S/C35H54O3SSi/c1-6-7-8-9-10-13-18-29-27-30(29)28-31(23-25-39-26-24-34(36)37-5)38-40(35(2,3)4,32-19-14-11-15-20-32)33-21-16-12-17-22-33/h11-12,14-17,19-22,29-31H,6-10,13,18,23-28H2,1-5H3. The minimum absolute atomic E-state index is 0.0204. The maximum Gasteiger partial charge on any atom is 0.306 e. The van der Waals surface area contributed by atoms with E-state index in [1.54, 1.807) is 0 Å². The van der Waals surface area contributed by atoms with Crippen molar-refractivity contribution in [1.82, 2.24) is 0 Å². The van der Waals surface area contributed by atoms with Crippen molar-refractivity contribution in [2.75, 3.05) is 18.6 Å². The predicted molar refractivity (Wildman–Crippen MR) is 175 cm³/mol. The number of methoxy groups -OCH3 is 1. The van der Waals surface area contributed by atoms with E-state index < -0.39 is 8.32 Å². The van der Waals surface area contributed by atoms with Crippen LogP contribution in [0.2, 0.25) is 5.04 Å². The maximum absolute atomic E-state index is 11.6. The fourth-order valence-corrected chi connectivity index (χ4v) is 11.9. The maximum atomic E-state index is 11.6. The molecule has 0 saturated heterocycles. The first-order valence-electron chi connectivity index (χ1n) is 15.7. The number of esters is 1. The summed E-state index contributed by atoms with van der Waals surface area (Å²) >= 11 is 1.86. The second kappa shape index (κ2) is 16.8. The van der Waals surface area contributed by atoms with E-state index >= 15 is 0 Å². The highest BCUT2D eigenvalue weighted by atomic mass is 32.2. The quantitative estimate of drug-likeness (QED) is 0.0947. The monoisotopic (exact) mass is 582 g/mol. The van der Waals surface area contributed by atoms with Crippen LogP contribution in [-0.2, 0) is 14.0 Å². The van der Waals surface area contributed by atoms with Gasteiger partial charge in [0, 0.05) is 11.9 Å². The van der Waals surface area contributed by atoms with Crippen molar-refractivity contribution >= 4 is 36.4 Å². The molecule has 0 spiro atoms. The normalized spacial score (nSPS) is 17.9. The van der Waals surface area contributed by atoms with Crippen LogP contribution in [0.1, 0.15) is 98.3 Å². The molecule has 0 heterocycles. The predicted octanol–water partition coefficient (Wildman–Crippen LogP) is 8.39. The molecular formula is C35H54O3SSi. The summed E-state index contributed by atoms with van der Waals surface area (Å²) in [5, 5.41) is 2.70. The largest absolute Gasteiger partial charge is 0.469 e. The lowest BCUT2D eigenvalue weighted by molar-refractivity contribution is -0.140. The summed E-state index contributed by atoms with van der Waals surface area (Å²) in [5.41, 5.74) is 0. The van der Waals surface area contributed by atoms with E-state index in [1.807, 2.05) is 11.8 Å². The Morgan fingerprint density at radius 2 is 1.50 bits per heavy atom. The smallest absolute Gasteiger partial charge is 0.306 e. The van der Waals surface area contributed by atoms with Gasteiger partial charge in [-0.25, -0.2) is 0 Å². The number of hydrogen-bond donors (Lipinski definition) is 0. The average molecular weight is 583 g/mol. The Kier molecular flexibility index (Phi) is 13.8. The summed E-state index contributed by atoms with van der Waals surface area (Å²) < 4.78 is 12.5. The van der Waals surface area contributed by atoms with Crippen LogP contribution >= 0.6 is 11.8 Å². The van der Waals surface area contributed by atoms with Crippen LogP contribution in [0.15, 0.2) is 60.7 Å². The van der Waals surface area contributed by atoms with Crippen LogP contribution in [0, 0.1) is 11.8 Å². The third-order valence-corrected chi connectivity index (χ3v) is 14.7. The summed E-state index contributed by atoms with van der Waals surface area (Å²) in [6.45, 7) is 9.41. The van der Waals surface area contributed by atoms with E-state index in [-0.39, 0.29) is 17.1 Å². The van der Waals surface area contributed by atoms with Crippen LogP contribution in [-0.4, -0.2) is 39.0 Å². The SMILES string of the molecule is CCCCCCCCC1CC1CC(CCSCCC(=O)OC)O[Si](c1ccccc1)(c1ccccc1)C(C)(C)C. The second-order valence-corrected chi connectivity index (χ2v) is 18.2. The number of rotatable bonds is 19. The Labute approximate surface area is 250 Å². The number of carbonyl (C=O) groups is 1. The van der Waals surface area contributed by atoms with E-state index in [0.29, 0.717) is 6.42 Å². The zero-order chi connectivity index (χ0) is 28.8. The molecule has 1 fully saturated rings. The van der Waals surface area contributed by atoms with Gasteiger partial charge in [0.25, 0.3) is 8.32 Å². The number of hydrogen-bond acceptors (Lipinski definition) is 4. The molecule has 0 N–H and O–H groups in total. The fourth-order valence-electron chi connectivity index (χ4n) is 6.22. The molecule has 222 valence electrons. The highest BCUT2D eigenvalue weighted by Crippen LogP contribution is 2.47. The van der Waals surface area contributed by atoms with Gasteiger partial charge in [-0.2, -0.15) is 11.8 Å². The molecule has 2 aromatic carbocycles. The van der Waals surface area contributed by atoms with Crippen LogP contribution in [0.3, 0.4) is 0 Å². The lowest BCUT2D eigenvalue weighted by Gasteiger charge is -2.45. The minimum atomic E-state index is -2.59. The highest BCUT2D eigenvalue weighted by molar-refractivity contribution is 7.99. The minimum Gasteiger partial charge on any atom is -0.469 e. The van der Waals surface area contributed by atoms with E-state index in [1.165, 1.54) is 68.8 Å². The van der Waals surface area contributed by atoms with Crippen molar-refractivity contribution in [3.8, 4) is 0 Å². The Balaban J connectivity index is 1.76. The zero-order valence-electron chi connectivity index (χ0n) is 25.8. The molecule has 5 heteroatoms. The molecule has 1 aliphatic rings. The van der Waals surface area contributed by atoms with Crippen molar-refractivity contribution in [3.05, 3.63) is 60.7 Å². The number of thioether (sulfide) groups is 1. The van der Waals surface area contributed by atoms with Gasteiger partial charge in [0.1, 0.15) is 0 Å². The molecule has 2 aromatic rings. The van der Waals surface area contributed by atoms with Crippen LogP contribution in [0.4, 0.5) is 0 Å². The van der Waals surface area contributed by atoms with Gasteiger partial charge < -0.3 is 9.16 Å². The van der Waals surface area contributed by atoms with Crippen molar-refractivity contribution in [2.45, 2.75) is 109 Å². The molecule has 0 bridgehead atoms. The van der Waals surface area contributed by atoms with E-state index in [4.69, 9.17) is 9.16 Å². The second-order valence-electron chi connectivity index (χ2n) is 12.7. The molecule has 0 aliphatic heterocycles. The van der Waals surface area contributed by atoms with E-state index in [0.717, 1.165) is 36.2 Å². The van der Waals surface area contributed by atoms with Gasteiger partial charge in [-0.1, -0.05) is 133 Å². The first-order chi connectivity index (χ1) is 19.3. The Morgan fingerprint density at radius 3 is 2.08 bits per heavy atom. The van der Waals surface area contributed by atoms with Gasteiger partial charge in [0.05, 0.1) is 13.5 Å². The van der Waals surface area contributed by atoms with Gasteiger partial charge >= 0.3 is 5.97 Å². The van der Waals surface area contributed by atoms with Gasteiger partial charge in [0.15, 0.2) is 0 Å². The molecule has 3 nitrogen and oxygen atoms in total. The summed E-state index contributed by atoms with van der Waals surface area (Å²) in [7, 11) is -1.12. The van der Waals surface area contributed by atoms with Crippen LogP contribution in [0.5, 0.6) is 0 Å². The molecule has 0 radical (unpaired) electrons. The molecule has 1 aliphatic carbocycles. The van der Waals surface area contributed by atoms with Gasteiger partial charge in [-0.15, -0.1) is 0 Å². The molecule has 3 unspecified atom stereocenters. The average Bonchev–Trinajstić information content (AvgIpc) is 3.70. The summed E-state index contributed by atoms with van der Waals surface area (Å²) in [4.78, 5) is 11.6. The lowest BCUT2D eigenvalue weighted by atomic mass is 10.0. The summed E-state index contributed by atoms with van der Waals surface area (Å²) in [6.07, 6.45) is 13.9. The Hall–Kier alpha value is -1.56. The van der Waals surface area contributed by atoms with E-state index in [9.17, 15) is 4.79 Å². The summed E-state index contributed by atoms with van der Waals surface area (Å²) in [6, 6.07) is 22.1. The molecular weight excluding hydrogens is 529 g/mol. The highest BCUT2D eigenvalue weighted by Gasteiger charge is 2.52. The number of ether oxygens (including phenoxy) is 1. The van der Waals surface area contributed by atoms with Crippen molar-refractivity contribution < 1.29 is 14.0 Å². The van der Waals surface area contributed by atoms with Crippen molar-refractivity contribution in [2.24, 2.45) is 11.8 Å². The Bertz CT molecular complexity index is 936. The number of carbonyl (C=O) groups excluding carboxylic acids is 1. The number of benzene rings is 2. The van der Waals surface area contributed by atoms with Gasteiger partial charge in [-0.3, -0.25) is 4.79 Å². The van der Waals surface area contributed by atoms with Crippen molar-refractivity contribution in [3.63, 3.8) is 0 Å². The number of unbranched alkanes of at least 4 members (excludes halogenated alkanes) is 5. The van der Waals surface area contributed by atoms with Gasteiger partial charge in [0.2, 0.25) is 0 Å². The van der Waals surface area contributed by atoms with Crippen molar-refractivity contribution in [1.29, 1.82) is 0 Å². The summed E-state index contributed by atoms with van der Waals surface area (Å²) in [5.74, 6) is 3.36. The topological polar surface area (TPSA) is 35.5 Å².